The van der Waals surface area contributed by atoms with Crippen LogP contribution in [0.25, 0.3) is 0 Å². The molecular weight excluding hydrogens is 304 g/mol. The molecule has 0 saturated carbocycles. The van der Waals surface area contributed by atoms with Crippen molar-refractivity contribution in [3.05, 3.63) is 18.7 Å². The Morgan fingerprint density at radius 2 is 1.28 bits per heavy atom. The van der Waals surface area contributed by atoms with Crippen molar-refractivity contribution in [2.45, 2.75) is 124 Å². The van der Waals surface area contributed by atoms with Gasteiger partial charge in [-0.3, -0.25) is 0 Å². The first-order valence-corrected chi connectivity index (χ1v) is 10.9. The van der Waals surface area contributed by atoms with Crippen molar-refractivity contribution >= 4 is 0 Å². The molecule has 25 heavy (non-hydrogen) atoms. The average molecular weight is 350 g/mol. The van der Waals surface area contributed by atoms with Crippen molar-refractivity contribution in [1.82, 2.24) is 4.57 Å². The number of nitrogens with zero attached hydrogens (tertiary/aromatic N) is 2. The Morgan fingerprint density at radius 3 is 1.80 bits per heavy atom. The van der Waals surface area contributed by atoms with Gasteiger partial charge in [0, 0.05) is 5.41 Å². The summed E-state index contributed by atoms with van der Waals surface area (Å²) in [6.45, 7) is 15.2. The minimum absolute atomic E-state index is 0.144. The van der Waals surface area contributed by atoms with Crippen LogP contribution in [0.3, 0.4) is 0 Å². The van der Waals surface area contributed by atoms with E-state index in [1.54, 1.807) is 0 Å². The fraction of sp³-hybridized carbons (Fsp3) is 0.870. The molecule has 0 spiro atoms. The number of rotatable bonds is 14. The number of aromatic nitrogens is 2. The molecule has 0 aliphatic heterocycles. The van der Waals surface area contributed by atoms with Gasteiger partial charge in [-0.05, 0) is 33.1 Å². The zero-order valence-corrected chi connectivity index (χ0v) is 18.1. The summed E-state index contributed by atoms with van der Waals surface area (Å²) in [6.07, 6.45) is 22.1. The van der Waals surface area contributed by atoms with E-state index in [2.05, 4.69) is 69.4 Å². The van der Waals surface area contributed by atoms with Gasteiger partial charge in [0.2, 0.25) is 6.33 Å². The first kappa shape index (κ1) is 22.3. The number of aryl methyl sites for hydroxylation is 1. The molecular formula is C23H45N2+. The molecule has 0 atom stereocenters. The number of hydrogen-bond donors (Lipinski definition) is 0. The molecule has 0 radical (unpaired) electrons. The Kier molecular flexibility index (Phi) is 9.82. The third-order valence-electron chi connectivity index (χ3n) is 6.65. The van der Waals surface area contributed by atoms with E-state index in [-0.39, 0.29) is 5.54 Å². The Labute approximate surface area is 158 Å². The number of imidazole rings is 1. The molecule has 0 aliphatic rings. The number of hydrogen-bond acceptors (Lipinski definition) is 0. The van der Waals surface area contributed by atoms with E-state index in [1.165, 1.54) is 70.6 Å². The second-order valence-electron chi connectivity index (χ2n) is 9.04. The second kappa shape index (κ2) is 11.0. The summed E-state index contributed by atoms with van der Waals surface area (Å²) >= 11 is 0. The lowest BCUT2D eigenvalue weighted by atomic mass is 9.72. The van der Waals surface area contributed by atoms with Gasteiger partial charge in [0.15, 0.2) is 0 Å². The summed E-state index contributed by atoms with van der Waals surface area (Å²) in [6, 6.07) is 0. The molecule has 2 heteroatoms. The first-order valence-electron chi connectivity index (χ1n) is 10.9. The molecule has 1 aromatic heterocycles. The highest BCUT2D eigenvalue weighted by Crippen LogP contribution is 2.39. The van der Waals surface area contributed by atoms with Crippen LogP contribution in [0.5, 0.6) is 0 Å². The highest BCUT2D eigenvalue weighted by molar-refractivity contribution is 4.92. The van der Waals surface area contributed by atoms with Gasteiger partial charge in [0.25, 0.3) is 0 Å². The van der Waals surface area contributed by atoms with E-state index in [1.807, 2.05) is 0 Å². The van der Waals surface area contributed by atoms with Gasteiger partial charge in [-0.15, -0.1) is 0 Å². The van der Waals surface area contributed by atoms with E-state index in [4.69, 9.17) is 0 Å². The lowest BCUT2D eigenvalue weighted by Gasteiger charge is -2.38. The van der Waals surface area contributed by atoms with E-state index in [9.17, 15) is 0 Å². The van der Waals surface area contributed by atoms with Crippen molar-refractivity contribution in [3.63, 3.8) is 0 Å². The standard InChI is InChI=1S/C23H45N2/c1-7-9-10-11-12-13-14-15-16-17-18-24-19-20-25(21-24)23(5,6)22(3,4)8-2/h19-21H,7-18H2,1-6H3/q+1. The van der Waals surface area contributed by atoms with Gasteiger partial charge < -0.3 is 0 Å². The van der Waals surface area contributed by atoms with Crippen LogP contribution in [-0.4, -0.2) is 4.57 Å². The maximum Gasteiger partial charge on any atom is 0.244 e. The minimum Gasteiger partial charge on any atom is -0.237 e. The SMILES string of the molecule is CCCCCCCCCCCC[n+]1ccn(C(C)(C)C(C)(C)CC)c1. The monoisotopic (exact) mass is 349 g/mol. The van der Waals surface area contributed by atoms with Crippen LogP contribution in [-0.2, 0) is 12.1 Å². The summed E-state index contributed by atoms with van der Waals surface area (Å²) in [5, 5.41) is 0. The summed E-state index contributed by atoms with van der Waals surface area (Å²) in [5.74, 6) is 0. The Hall–Kier alpha value is -0.790. The van der Waals surface area contributed by atoms with Crippen LogP contribution < -0.4 is 4.57 Å². The summed E-state index contributed by atoms with van der Waals surface area (Å²) < 4.78 is 4.78. The van der Waals surface area contributed by atoms with Gasteiger partial charge in [0.05, 0.1) is 6.54 Å². The molecule has 0 N–H and O–H groups in total. The third kappa shape index (κ3) is 7.15. The highest BCUT2D eigenvalue weighted by Gasteiger charge is 2.41. The topological polar surface area (TPSA) is 8.81 Å². The third-order valence-corrected chi connectivity index (χ3v) is 6.65. The summed E-state index contributed by atoms with van der Waals surface area (Å²) in [7, 11) is 0. The van der Waals surface area contributed by atoms with Crippen LogP contribution in [0.1, 0.15) is 112 Å². The predicted octanol–water partition coefficient (Wildman–Crippen LogP) is 6.87. The fourth-order valence-corrected chi connectivity index (χ4v) is 3.42. The van der Waals surface area contributed by atoms with Crippen LogP contribution in [0.15, 0.2) is 18.7 Å². The zero-order valence-electron chi connectivity index (χ0n) is 18.1. The highest BCUT2D eigenvalue weighted by atomic mass is 15.2. The van der Waals surface area contributed by atoms with Crippen molar-refractivity contribution in [2.75, 3.05) is 0 Å². The van der Waals surface area contributed by atoms with Crippen LogP contribution in [0.2, 0.25) is 0 Å². The molecule has 1 rings (SSSR count). The van der Waals surface area contributed by atoms with Crippen molar-refractivity contribution < 1.29 is 4.57 Å². The Balaban J connectivity index is 2.22. The largest absolute Gasteiger partial charge is 0.244 e. The molecule has 0 aliphatic carbocycles. The minimum atomic E-state index is 0.144. The normalized spacial score (nSPS) is 12.7. The smallest absolute Gasteiger partial charge is 0.237 e. The van der Waals surface area contributed by atoms with Crippen LogP contribution >= 0.6 is 0 Å². The van der Waals surface area contributed by atoms with Crippen LogP contribution in [0.4, 0.5) is 0 Å². The lowest BCUT2D eigenvalue weighted by molar-refractivity contribution is -0.697. The maximum absolute atomic E-state index is 2.41. The molecule has 146 valence electrons. The molecule has 0 saturated heterocycles. The van der Waals surface area contributed by atoms with E-state index >= 15 is 0 Å². The zero-order chi connectivity index (χ0) is 18.8. The van der Waals surface area contributed by atoms with Crippen molar-refractivity contribution in [3.8, 4) is 0 Å². The predicted molar refractivity (Wildman–Crippen MR) is 110 cm³/mol. The molecule has 0 aromatic carbocycles. The summed E-state index contributed by atoms with van der Waals surface area (Å²) in [4.78, 5) is 0. The maximum atomic E-state index is 2.41. The van der Waals surface area contributed by atoms with Gasteiger partial charge in [0.1, 0.15) is 17.9 Å². The Morgan fingerprint density at radius 1 is 0.760 bits per heavy atom. The van der Waals surface area contributed by atoms with Crippen LogP contribution in [0, 0.1) is 5.41 Å². The van der Waals surface area contributed by atoms with Crippen molar-refractivity contribution in [1.29, 1.82) is 0 Å². The fourth-order valence-electron chi connectivity index (χ4n) is 3.42. The Bertz CT molecular complexity index is 456. The molecule has 0 bridgehead atoms. The first-order chi connectivity index (χ1) is 11.8. The van der Waals surface area contributed by atoms with E-state index in [0.717, 1.165) is 6.54 Å². The number of unbranched alkanes of at least 4 members (excludes halogenated alkanes) is 9. The molecule has 0 amide bonds. The molecule has 1 heterocycles. The van der Waals surface area contributed by atoms with Gasteiger partial charge in [-0.2, -0.15) is 0 Å². The second-order valence-corrected chi connectivity index (χ2v) is 9.04. The van der Waals surface area contributed by atoms with Gasteiger partial charge in [-0.25, -0.2) is 9.13 Å². The molecule has 0 fully saturated rings. The molecule has 2 nitrogen and oxygen atoms in total. The summed E-state index contributed by atoms with van der Waals surface area (Å²) in [5.41, 5.74) is 0.436. The quantitative estimate of drug-likeness (QED) is 0.256. The van der Waals surface area contributed by atoms with E-state index < -0.39 is 0 Å². The lowest BCUT2D eigenvalue weighted by Crippen LogP contribution is -2.42. The van der Waals surface area contributed by atoms with Gasteiger partial charge in [-0.1, -0.05) is 79.1 Å². The molecule has 0 unspecified atom stereocenters. The van der Waals surface area contributed by atoms with Crippen molar-refractivity contribution in [2.24, 2.45) is 5.41 Å². The van der Waals surface area contributed by atoms with Gasteiger partial charge >= 0.3 is 0 Å². The molecule has 1 aromatic rings. The van der Waals surface area contributed by atoms with E-state index in [0.29, 0.717) is 5.41 Å². The average Bonchev–Trinajstić information content (AvgIpc) is 3.06.